The minimum absolute atomic E-state index is 0.533. The SMILES string of the molecule is CCn1nc(Nc2cc(-c3nc(N4CCNCC4)c4c(C5CC5)cncc4n3)ccn2)nc1/C=C\C(C)CC1CC1. The second kappa shape index (κ2) is 11.2. The lowest BCUT2D eigenvalue weighted by atomic mass is 10.0. The third-order valence-corrected chi connectivity index (χ3v) is 8.28. The van der Waals surface area contributed by atoms with E-state index >= 15 is 0 Å². The van der Waals surface area contributed by atoms with Gasteiger partial charge in [-0.2, -0.15) is 4.98 Å². The molecule has 0 amide bonds. The third kappa shape index (κ3) is 5.79. The maximum Gasteiger partial charge on any atom is 0.248 e. The number of fused-ring (bicyclic) bond motifs is 1. The number of nitrogens with one attached hydrogen (secondary N) is 2. The zero-order chi connectivity index (χ0) is 27.8. The molecule has 41 heavy (non-hydrogen) atoms. The molecule has 0 radical (unpaired) electrons. The van der Waals surface area contributed by atoms with Crippen LogP contribution in [0.1, 0.15) is 63.3 Å². The Morgan fingerprint density at radius 2 is 1.95 bits per heavy atom. The van der Waals surface area contributed by atoms with Crippen molar-refractivity contribution in [2.75, 3.05) is 36.4 Å². The molecule has 5 heterocycles. The summed E-state index contributed by atoms with van der Waals surface area (Å²) in [4.78, 5) is 26.4. The van der Waals surface area contributed by atoms with Gasteiger partial charge in [-0.25, -0.2) is 19.6 Å². The summed E-state index contributed by atoms with van der Waals surface area (Å²) in [5.74, 6) is 5.75. The summed E-state index contributed by atoms with van der Waals surface area (Å²) in [6.45, 7) is 8.84. The van der Waals surface area contributed by atoms with Gasteiger partial charge in [0.25, 0.3) is 0 Å². The van der Waals surface area contributed by atoms with Crippen LogP contribution in [-0.4, -0.2) is 60.9 Å². The van der Waals surface area contributed by atoms with E-state index in [1.165, 1.54) is 37.7 Å². The highest BCUT2D eigenvalue weighted by atomic mass is 15.4. The van der Waals surface area contributed by atoms with Crippen molar-refractivity contribution in [2.45, 2.75) is 58.4 Å². The van der Waals surface area contributed by atoms with Crippen molar-refractivity contribution >= 4 is 34.6 Å². The van der Waals surface area contributed by atoms with E-state index in [9.17, 15) is 0 Å². The molecule has 1 saturated heterocycles. The van der Waals surface area contributed by atoms with E-state index in [-0.39, 0.29) is 0 Å². The molecule has 3 aliphatic rings. The summed E-state index contributed by atoms with van der Waals surface area (Å²) in [6.07, 6.45) is 16.5. The van der Waals surface area contributed by atoms with Gasteiger partial charge in [0, 0.05) is 56.1 Å². The van der Waals surface area contributed by atoms with E-state index in [0.29, 0.717) is 29.4 Å². The first-order valence-corrected chi connectivity index (χ1v) is 15.1. The lowest BCUT2D eigenvalue weighted by Crippen LogP contribution is -2.44. The Morgan fingerprint density at radius 1 is 1.10 bits per heavy atom. The molecule has 3 fully saturated rings. The zero-order valence-electron chi connectivity index (χ0n) is 23.9. The molecule has 1 unspecified atom stereocenters. The summed E-state index contributed by atoms with van der Waals surface area (Å²) < 4.78 is 1.92. The second-order valence-corrected chi connectivity index (χ2v) is 11.7. The Bertz CT molecular complexity index is 1560. The van der Waals surface area contributed by atoms with Gasteiger partial charge in [-0.1, -0.05) is 25.8 Å². The molecule has 212 valence electrons. The molecular weight excluding hydrogens is 512 g/mol. The first kappa shape index (κ1) is 26.0. The molecule has 0 spiro atoms. The minimum Gasteiger partial charge on any atom is -0.353 e. The minimum atomic E-state index is 0.533. The van der Waals surface area contributed by atoms with Crippen LogP contribution in [-0.2, 0) is 6.54 Å². The predicted molar refractivity (Wildman–Crippen MR) is 162 cm³/mol. The maximum atomic E-state index is 5.17. The van der Waals surface area contributed by atoms with Gasteiger partial charge in [0.1, 0.15) is 11.6 Å². The van der Waals surface area contributed by atoms with Crippen LogP contribution >= 0.6 is 0 Å². The summed E-state index contributed by atoms with van der Waals surface area (Å²) in [5, 5.41) is 12.6. The van der Waals surface area contributed by atoms with Crippen LogP contribution in [0.4, 0.5) is 17.6 Å². The van der Waals surface area contributed by atoms with E-state index in [0.717, 1.165) is 66.8 Å². The molecule has 2 aliphatic carbocycles. The zero-order valence-corrected chi connectivity index (χ0v) is 23.9. The third-order valence-electron chi connectivity index (χ3n) is 8.28. The van der Waals surface area contributed by atoms with Gasteiger partial charge in [0.15, 0.2) is 11.6 Å². The van der Waals surface area contributed by atoms with Gasteiger partial charge in [-0.05, 0) is 67.7 Å². The van der Waals surface area contributed by atoms with Crippen LogP contribution in [0.2, 0.25) is 0 Å². The molecule has 0 bridgehead atoms. The van der Waals surface area contributed by atoms with Gasteiger partial charge in [0.2, 0.25) is 5.95 Å². The second-order valence-electron chi connectivity index (χ2n) is 11.7. The molecule has 1 aliphatic heterocycles. The summed E-state index contributed by atoms with van der Waals surface area (Å²) in [6, 6.07) is 3.93. The number of hydrogen-bond donors (Lipinski definition) is 2. The van der Waals surface area contributed by atoms with E-state index in [4.69, 9.17) is 15.0 Å². The van der Waals surface area contributed by atoms with Gasteiger partial charge in [-0.3, -0.25) is 4.98 Å². The van der Waals surface area contributed by atoms with Gasteiger partial charge in [0.05, 0.1) is 11.7 Å². The van der Waals surface area contributed by atoms with Crippen molar-refractivity contribution in [2.24, 2.45) is 11.8 Å². The molecular formula is C31H38N10. The molecule has 10 nitrogen and oxygen atoms in total. The van der Waals surface area contributed by atoms with Crippen molar-refractivity contribution in [3.05, 3.63) is 48.2 Å². The Morgan fingerprint density at radius 3 is 2.73 bits per heavy atom. The molecule has 10 heteroatoms. The lowest BCUT2D eigenvalue weighted by molar-refractivity contribution is 0.586. The van der Waals surface area contributed by atoms with Crippen LogP contribution in [0.25, 0.3) is 28.4 Å². The first-order valence-electron chi connectivity index (χ1n) is 15.1. The molecule has 0 aromatic carbocycles. The average Bonchev–Trinajstić information content (AvgIpc) is 3.95. The van der Waals surface area contributed by atoms with Crippen molar-refractivity contribution in [3.63, 3.8) is 0 Å². The van der Waals surface area contributed by atoms with Crippen LogP contribution in [0.15, 0.2) is 36.8 Å². The van der Waals surface area contributed by atoms with E-state index in [2.05, 4.69) is 56.6 Å². The smallest absolute Gasteiger partial charge is 0.248 e. The molecule has 4 aromatic rings. The maximum absolute atomic E-state index is 5.17. The van der Waals surface area contributed by atoms with E-state index < -0.39 is 0 Å². The summed E-state index contributed by atoms with van der Waals surface area (Å²) in [7, 11) is 0. The number of rotatable bonds is 10. The van der Waals surface area contributed by atoms with E-state index in [1.54, 1.807) is 6.20 Å². The number of piperazine rings is 1. The Labute approximate surface area is 240 Å². The van der Waals surface area contributed by atoms with Crippen LogP contribution in [0.5, 0.6) is 0 Å². The van der Waals surface area contributed by atoms with Crippen LogP contribution < -0.4 is 15.5 Å². The topological polar surface area (TPSA) is 110 Å². The Kier molecular flexibility index (Phi) is 7.08. The quantitative estimate of drug-likeness (QED) is 0.276. The Hall–Kier alpha value is -3.92. The number of aromatic nitrogens is 7. The van der Waals surface area contributed by atoms with Crippen molar-refractivity contribution in [3.8, 4) is 11.4 Å². The van der Waals surface area contributed by atoms with Crippen molar-refractivity contribution in [1.29, 1.82) is 0 Å². The highest BCUT2D eigenvalue weighted by Crippen LogP contribution is 2.45. The molecule has 2 N–H and O–H groups in total. The normalized spacial score (nSPS) is 18.3. The largest absolute Gasteiger partial charge is 0.353 e. The van der Waals surface area contributed by atoms with Gasteiger partial charge >= 0.3 is 0 Å². The Balaban J connectivity index is 1.18. The average molecular weight is 551 g/mol. The van der Waals surface area contributed by atoms with Crippen molar-refractivity contribution < 1.29 is 0 Å². The molecule has 7 rings (SSSR count). The summed E-state index contributed by atoms with van der Waals surface area (Å²) in [5.41, 5.74) is 3.07. The lowest BCUT2D eigenvalue weighted by Gasteiger charge is -2.30. The fourth-order valence-electron chi connectivity index (χ4n) is 5.75. The number of allylic oxidation sites excluding steroid dienone is 1. The van der Waals surface area contributed by atoms with Gasteiger partial charge < -0.3 is 15.5 Å². The first-order chi connectivity index (χ1) is 20.1. The predicted octanol–water partition coefficient (Wildman–Crippen LogP) is 5.18. The summed E-state index contributed by atoms with van der Waals surface area (Å²) >= 11 is 0. The number of anilines is 3. The number of nitrogens with zero attached hydrogens (tertiary/aromatic N) is 8. The monoisotopic (exact) mass is 550 g/mol. The highest BCUT2D eigenvalue weighted by molar-refractivity contribution is 5.94. The number of pyridine rings is 2. The highest BCUT2D eigenvalue weighted by Gasteiger charge is 2.29. The molecule has 1 atom stereocenters. The standard InChI is InChI=1S/C31H38N10/c1-3-41-27(9-4-20(2)16-21-5-6-21)37-31(39-41)36-26-17-23(10-11-34-26)29-35-25-19-33-18-24(22-7-8-22)28(25)30(38-29)40-14-12-32-13-15-40/h4,9-11,17-22,32H,3,5-8,12-16H2,1-2H3,(H,34,36,39)/b9-4-. The van der Waals surface area contributed by atoms with Gasteiger partial charge in [-0.15, -0.1) is 5.10 Å². The molecule has 2 saturated carbocycles. The fourth-order valence-corrected chi connectivity index (χ4v) is 5.75. The number of aryl methyl sites for hydroxylation is 1. The van der Waals surface area contributed by atoms with Crippen LogP contribution in [0, 0.1) is 11.8 Å². The van der Waals surface area contributed by atoms with Crippen molar-refractivity contribution in [1.82, 2.24) is 40.0 Å². The van der Waals surface area contributed by atoms with E-state index in [1.807, 2.05) is 29.2 Å². The van der Waals surface area contributed by atoms with Crippen LogP contribution in [0.3, 0.4) is 0 Å². The fraction of sp³-hybridized carbons (Fsp3) is 0.484. The molecule has 4 aromatic heterocycles. The number of hydrogen-bond acceptors (Lipinski definition) is 9.